The molecule has 0 aromatic heterocycles. The van der Waals surface area contributed by atoms with Gasteiger partial charge in [-0.3, -0.25) is 5.21 Å². The second kappa shape index (κ2) is 7.64. The van der Waals surface area contributed by atoms with Crippen LogP contribution in [0.25, 0.3) is 0 Å². The number of esters is 1. The topological polar surface area (TPSA) is 70.8 Å². The maximum absolute atomic E-state index is 11.9. The largest absolute Gasteiger partial charge is 0.448 e. The molecule has 1 aromatic carbocycles. The summed E-state index contributed by atoms with van der Waals surface area (Å²) in [4.78, 5) is 17.2. The molecule has 0 fully saturated rings. The van der Waals surface area contributed by atoms with E-state index in [1.807, 2.05) is 13.0 Å². The highest BCUT2D eigenvalue weighted by Gasteiger charge is 2.28. The van der Waals surface area contributed by atoms with Crippen molar-refractivity contribution in [3.63, 3.8) is 0 Å². The fourth-order valence-electron chi connectivity index (χ4n) is 1.90. The van der Waals surface area contributed by atoms with Crippen molar-refractivity contribution in [3.05, 3.63) is 41.1 Å². The van der Waals surface area contributed by atoms with Crippen LogP contribution in [0, 0.1) is 5.21 Å². The number of benzene rings is 1. The van der Waals surface area contributed by atoms with Gasteiger partial charge in [0.1, 0.15) is 0 Å². The zero-order valence-corrected chi connectivity index (χ0v) is 11.9. The first-order valence-corrected chi connectivity index (χ1v) is 7.04. The Labute approximate surface area is 123 Å². The Morgan fingerprint density at radius 2 is 2.19 bits per heavy atom. The van der Waals surface area contributed by atoms with Crippen LogP contribution < -0.4 is 0 Å². The van der Waals surface area contributed by atoms with Gasteiger partial charge in [-0.25, -0.2) is 4.79 Å². The van der Waals surface area contributed by atoms with E-state index in [9.17, 15) is 10.0 Å². The fourth-order valence-corrected chi connectivity index (χ4v) is 1.90. The Balaban J connectivity index is 1.90. The van der Waals surface area contributed by atoms with Crippen LogP contribution in [0.5, 0.6) is 0 Å². The minimum atomic E-state index is -0.687. The molecule has 6 nitrogen and oxygen atoms in total. The first-order valence-electron chi connectivity index (χ1n) is 7.04. The van der Waals surface area contributed by atoms with Crippen molar-refractivity contribution in [1.29, 1.82) is 0 Å². The molecular weight excluding hydrogens is 274 g/mol. The average Bonchev–Trinajstić information content (AvgIpc) is 2.48. The Bertz CT molecular complexity index is 488. The third-order valence-electron chi connectivity index (χ3n) is 3.00. The zero-order chi connectivity index (χ0) is 15.1. The standard InChI is InChI=1S/C15H19NO5/c1-2-3-9-19-14-10-13(11-16(18)21-14)20-15(17)12-7-5-4-6-8-12/h4-8,11,13-14H,2-3,9-10H2,1H3/t13-,14-/m1/s1. The summed E-state index contributed by atoms with van der Waals surface area (Å²) < 4.78 is 10.7. The van der Waals surface area contributed by atoms with Gasteiger partial charge in [-0.15, -0.1) is 0 Å². The second-order valence-corrected chi connectivity index (χ2v) is 4.74. The normalized spacial score (nSPS) is 21.3. The van der Waals surface area contributed by atoms with Gasteiger partial charge in [0.15, 0.2) is 12.4 Å². The number of carbonyl (C=O) groups excluding carboxylic acids is 1. The summed E-state index contributed by atoms with van der Waals surface area (Å²) in [5, 5.41) is 11.4. The van der Waals surface area contributed by atoms with Gasteiger partial charge in [-0.1, -0.05) is 31.5 Å². The summed E-state index contributed by atoms with van der Waals surface area (Å²) >= 11 is 0. The van der Waals surface area contributed by atoms with Crippen LogP contribution in [-0.2, 0) is 14.3 Å². The molecule has 1 aliphatic rings. The van der Waals surface area contributed by atoms with Crippen LogP contribution in [-0.4, -0.2) is 36.1 Å². The van der Waals surface area contributed by atoms with Crippen molar-refractivity contribution in [2.24, 2.45) is 0 Å². The lowest BCUT2D eigenvalue weighted by atomic mass is 10.2. The highest BCUT2D eigenvalue weighted by atomic mass is 16.9. The van der Waals surface area contributed by atoms with Gasteiger partial charge < -0.3 is 14.3 Å². The van der Waals surface area contributed by atoms with Crippen LogP contribution in [0.15, 0.2) is 30.3 Å². The van der Waals surface area contributed by atoms with E-state index >= 15 is 0 Å². The molecular formula is C15H19NO5. The number of nitrogens with zero attached hydrogens (tertiary/aromatic N) is 1. The molecule has 2 rings (SSSR count). The minimum absolute atomic E-state index is 0.295. The Morgan fingerprint density at radius 1 is 1.43 bits per heavy atom. The van der Waals surface area contributed by atoms with Gasteiger partial charge in [0.2, 0.25) is 0 Å². The molecule has 1 aliphatic heterocycles. The van der Waals surface area contributed by atoms with Crippen LogP contribution in [0.3, 0.4) is 0 Å². The lowest BCUT2D eigenvalue weighted by Crippen LogP contribution is -2.37. The van der Waals surface area contributed by atoms with Crippen LogP contribution >= 0.6 is 0 Å². The van der Waals surface area contributed by atoms with Crippen molar-refractivity contribution in [1.82, 2.24) is 0 Å². The lowest BCUT2D eigenvalue weighted by molar-refractivity contribution is -0.769. The van der Waals surface area contributed by atoms with E-state index in [4.69, 9.17) is 14.3 Å². The SMILES string of the molecule is CCCCO[C@H]1C[C@@H](OC(=O)c2ccccc2)C=[N+]([O-])O1. The van der Waals surface area contributed by atoms with E-state index < -0.39 is 18.4 Å². The summed E-state index contributed by atoms with van der Waals surface area (Å²) in [6.45, 7) is 2.55. The Morgan fingerprint density at radius 3 is 2.90 bits per heavy atom. The molecule has 0 saturated carbocycles. The monoisotopic (exact) mass is 293 g/mol. The molecule has 1 aromatic rings. The molecule has 114 valence electrons. The molecule has 0 bridgehead atoms. The number of ether oxygens (including phenoxy) is 2. The molecule has 0 radical (unpaired) electrons. The number of hydrogen-bond acceptors (Lipinski definition) is 5. The number of unbranched alkanes of at least 4 members (excludes halogenated alkanes) is 1. The van der Waals surface area contributed by atoms with E-state index in [0.717, 1.165) is 12.8 Å². The quantitative estimate of drug-likeness (QED) is 0.457. The third-order valence-corrected chi connectivity index (χ3v) is 3.00. The molecule has 0 aliphatic carbocycles. The van der Waals surface area contributed by atoms with Gasteiger partial charge in [-0.05, 0) is 18.6 Å². The maximum atomic E-state index is 11.9. The van der Waals surface area contributed by atoms with Crippen LogP contribution in [0.1, 0.15) is 36.5 Å². The molecule has 0 amide bonds. The second-order valence-electron chi connectivity index (χ2n) is 4.74. The third kappa shape index (κ3) is 4.75. The van der Waals surface area contributed by atoms with Gasteiger partial charge in [-0.2, -0.15) is 0 Å². The molecule has 21 heavy (non-hydrogen) atoms. The van der Waals surface area contributed by atoms with E-state index in [0.29, 0.717) is 23.5 Å². The molecule has 6 heteroatoms. The molecule has 1 heterocycles. The fraction of sp³-hybridized carbons (Fsp3) is 0.467. The van der Waals surface area contributed by atoms with Gasteiger partial charge in [0.05, 0.1) is 5.56 Å². The lowest BCUT2D eigenvalue weighted by Gasteiger charge is -2.26. The first-order chi connectivity index (χ1) is 10.2. The Kier molecular flexibility index (Phi) is 5.57. The van der Waals surface area contributed by atoms with Crippen molar-refractivity contribution >= 4 is 12.2 Å². The molecule has 2 atom stereocenters. The first kappa shape index (κ1) is 15.3. The van der Waals surface area contributed by atoms with Crippen molar-refractivity contribution in [2.45, 2.75) is 38.6 Å². The number of carbonyl (C=O) groups is 1. The summed E-state index contributed by atoms with van der Waals surface area (Å²) in [6, 6.07) is 8.63. The molecule has 0 unspecified atom stereocenters. The maximum Gasteiger partial charge on any atom is 0.338 e. The van der Waals surface area contributed by atoms with E-state index in [1.165, 1.54) is 6.21 Å². The van der Waals surface area contributed by atoms with Crippen molar-refractivity contribution in [3.8, 4) is 0 Å². The summed E-state index contributed by atoms with van der Waals surface area (Å²) in [7, 11) is 0. The smallest absolute Gasteiger partial charge is 0.338 e. The predicted molar refractivity (Wildman–Crippen MR) is 75.7 cm³/mol. The highest BCUT2D eigenvalue weighted by molar-refractivity contribution is 5.90. The molecule has 0 N–H and O–H groups in total. The predicted octanol–water partition coefficient (Wildman–Crippen LogP) is 2.27. The van der Waals surface area contributed by atoms with Gasteiger partial charge >= 0.3 is 5.97 Å². The highest BCUT2D eigenvalue weighted by Crippen LogP contribution is 2.14. The summed E-state index contributed by atoms with van der Waals surface area (Å²) in [5.74, 6) is -0.473. The van der Waals surface area contributed by atoms with Crippen molar-refractivity contribution in [2.75, 3.05) is 6.61 Å². The Hall–Kier alpha value is -2.08. The number of rotatable bonds is 6. The summed E-state index contributed by atoms with van der Waals surface area (Å²) in [6.07, 6.45) is 2.02. The van der Waals surface area contributed by atoms with Gasteiger partial charge in [0.25, 0.3) is 6.21 Å². The molecule has 0 saturated heterocycles. The minimum Gasteiger partial charge on any atom is -0.448 e. The average molecular weight is 293 g/mol. The van der Waals surface area contributed by atoms with E-state index in [2.05, 4.69) is 0 Å². The van der Waals surface area contributed by atoms with E-state index in [-0.39, 0.29) is 0 Å². The van der Waals surface area contributed by atoms with Crippen molar-refractivity contribution < 1.29 is 24.0 Å². The zero-order valence-electron chi connectivity index (χ0n) is 11.9. The number of hydrogen-bond donors (Lipinski definition) is 0. The van der Waals surface area contributed by atoms with Gasteiger partial charge in [0, 0.05) is 17.9 Å². The van der Waals surface area contributed by atoms with Crippen LogP contribution in [0.4, 0.5) is 0 Å². The summed E-state index contributed by atoms with van der Waals surface area (Å²) in [5.41, 5.74) is 0.443. The van der Waals surface area contributed by atoms with E-state index in [1.54, 1.807) is 24.3 Å². The molecule has 0 spiro atoms. The van der Waals surface area contributed by atoms with Crippen LogP contribution in [0.2, 0.25) is 0 Å².